The van der Waals surface area contributed by atoms with E-state index in [0.29, 0.717) is 12.1 Å². The molecule has 1 aliphatic heterocycles. The van der Waals surface area contributed by atoms with Crippen molar-refractivity contribution in [2.45, 2.75) is 19.1 Å². The molecule has 1 aromatic carbocycles. The number of aliphatic hydroxyl groups is 1. The largest absolute Gasteiger partial charge is 0.370 e. The average molecular weight is 221 g/mol. The monoisotopic (exact) mass is 221 g/mol. The van der Waals surface area contributed by atoms with Crippen molar-refractivity contribution in [1.29, 1.82) is 0 Å². The Bertz CT molecular complexity index is 451. The molecule has 84 valence electrons. The highest BCUT2D eigenvalue weighted by Gasteiger charge is 2.28. The van der Waals surface area contributed by atoms with E-state index in [-0.39, 0.29) is 5.69 Å². The molecule has 2 N–H and O–H groups in total. The van der Waals surface area contributed by atoms with Crippen LogP contribution in [0.15, 0.2) is 29.4 Å². The number of non-ortho nitro benzene ring substituents is 1. The predicted octanol–water partition coefficient (Wildman–Crippen LogP) is 1.00. The summed E-state index contributed by atoms with van der Waals surface area (Å²) in [5.74, 6) is 0. The zero-order valence-electron chi connectivity index (χ0n) is 8.67. The van der Waals surface area contributed by atoms with Crippen molar-refractivity contribution in [2.75, 3.05) is 0 Å². The second kappa shape index (κ2) is 3.57. The predicted molar refractivity (Wildman–Crippen MR) is 58.0 cm³/mol. The first kappa shape index (κ1) is 10.6. The Morgan fingerprint density at radius 3 is 2.56 bits per heavy atom. The number of hydrazone groups is 1. The summed E-state index contributed by atoms with van der Waals surface area (Å²) in [6.45, 7) is 1.62. The Balaban J connectivity index is 2.21. The highest BCUT2D eigenvalue weighted by molar-refractivity contribution is 6.02. The number of benzene rings is 1. The molecule has 16 heavy (non-hydrogen) atoms. The van der Waals surface area contributed by atoms with Crippen LogP contribution in [0.3, 0.4) is 0 Å². The van der Waals surface area contributed by atoms with Gasteiger partial charge >= 0.3 is 0 Å². The lowest BCUT2D eigenvalue weighted by atomic mass is 10.0. The number of rotatable bonds is 2. The third-order valence-corrected chi connectivity index (χ3v) is 2.35. The molecule has 1 heterocycles. The van der Waals surface area contributed by atoms with Crippen molar-refractivity contribution in [1.82, 2.24) is 5.43 Å². The van der Waals surface area contributed by atoms with Gasteiger partial charge in [-0.15, -0.1) is 0 Å². The molecule has 0 aromatic heterocycles. The van der Waals surface area contributed by atoms with Gasteiger partial charge in [0.05, 0.1) is 10.6 Å². The molecule has 1 aromatic rings. The van der Waals surface area contributed by atoms with Gasteiger partial charge in [0.2, 0.25) is 0 Å². The third kappa shape index (κ3) is 2.01. The van der Waals surface area contributed by atoms with E-state index in [1.807, 2.05) is 0 Å². The molecule has 0 saturated heterocycles. The minimum atomic E-state index is -1.03. The normalized spacial score (nSPS) is 23.8. The fourth-order valence-corrected chi connectivity index (χ4v) is 1.54. The van der Waals surface area contributed by atoms with E-state index in [1.165, 1.54) is 12.1 Å². The van der Waals surface area contributed by atoms with Crippen LogP contribution in [0.4, 0.5) is 5.69 Å². The van der Waals surface area contributed by atoms with Gasteiger partial charge in [0.25, 0.3) is 5.69 Å². The Kier molecular flexibility index (Phi) is 2.35. The molecular formula is C10H11N3O3. The molecule has 1 atom stereocenters. The van der Waals surface area contributed by atoms with Crippen molar-refractivity contribution in [2.24, 2.45) is 5.10 Å². The van der Waals surface area contributed by atoms with Gasteiger partial charge in [-0.05, 0) is 24.6 Å². The van der Waals surface area contributed by atoms with Crippen LogP contribution in [-0.4, -0.2) is 21.5 Å². The zero-order valence-corrected chi connectivity index (χ0v) is 8.67. The van der Waals surface area contributed by atoms with Crippen molar-refractivity contribution >= 4 is 11.4 Å². The third-order valence-electron chi connectivity index (χ3n) is 2.35. The minimum Gasteiger partial charge on any atom is -0.370 e. The number of nitrogens with one attached hydrogen (secondary N) is 1. The Morgan fingerprint density at radius 2 is 2.12 bits per heavy atom. The van der Waals surface area contributed by atoms with E-state index in [1.54, 1.807) is 19.1 Å². The molecule has 0 fully saturated rings. The average Bonchev–Trinajstić information content (AvgIpc) is 2.59. The molecule has 0 radical (unpaired) electrons. The molecule has 0 aliphatic carbocycles. The van der Waals surface area contributed by atoms with Gasteiger partial charge in [-0.25, -0.2) is 0 Å². The second-order valence-corrected chi connectivity index (χ2v) is 3.92. The van der Waals surface area contributed by atoms with Crippen LogP contribution >= 0.6 is 0 Å². The smallest absolute Gasteiger partial charge is 0.269 e. The van der Waals surface area contributed by atoms with Gasteiger partial charge in [-0.2, -0.15) is 5.10 Å². The van der Waals surface area contributed by atoms with Crippen LogP contribution in [0.25, 0.3) is 0 Å². The maximum Gasteiger partial charge on any atom is 0.269 e. The van der Waals surface area contributed by atoms with Crippen molar-refractivity contribution in [3.8, 4) is 0 Å². The lowest BCUT2D eigenvalue weighted by molar-refractivity contribution is -0.384. The summed E-state index contributed by atoms with van der Waals surface area (Å²) in [7, 11) is 0. The summed E-state index contributed by atoms with van der Waals surface area (Å²) < 4.78 is 0. The van der Waals surface area contributed by atoms with Crippen LogP contribution in [0, 0.1) is 10.1 Å². The summed E-state index contributed by atoms with van der Waals surface area (Å²) >= 11 is 0. The number of hydrogen-bond acceptors (Lipinski definition) is 5. The van der Waals surface area contributed by atoms with E-state index < -0.39 is 10.6 Å². The highest BCUT2D eigenvalue weighted by atomic mass is 16.6. The van der Waals surface area contributed by atoms with E-state index >= 15 is 0 Å². The highest BCUT2D eigenvalue weighted by Crippen LogP contribution is 2.20. The van der Waals surface area contributed by atoms with Crippen LogP contribution < -0.4 is 5.43 Å². The lowest BCUT2D eigenvalue weighted by Crippen LogP contribution is -2.34. The van der Waals surface area contributed by atoms with Gasteiger partial charge in [-0.3, -0.25) is 15.5 Å². The van der Waals surface area contributed by atoms with Crippen LogP contribution in [0.1, 0.15) is 18.9 Å². The standard InChI is InChI=1S/C10H11N3O3/c1-10(14)6-9(11-12-10)7-2-4-8(5-3-7)13(15)16/h2-5,12,14H,6H2,1H3. The van der Waals surface area contributed by atoms with Crippen LogP contribution in [-0.2, 0) is 0 Å². The number of nitro groups is 1. The number of hydrogen-bond donors (Lipinski definition) is 2. The van der Waals surface area contributed by atoms with E-state index in [4.69, 9.17) is 0 Å². The summed E-state index contributed by atoms with van der Waals surface area (Å²) in [4.78, 5) is 10.0. The molecule has 0 saturated carbocycles. The first-order valence-electron chi connectivity index (χ1n) is 4.79. The SMILES string of the molecule is CC1(O)CC(c2ccc([N+](=O)[O-])cc2)=NN1. The fraction of sp³-hybridized carbons (Fsp3) is 0.300. The maximum absolute atomic E-state index is 10.5. The first-order valence-corrected chi connectivity index (χ1v) is 4.79. The fourth-order valence-electron chi connectivity index (χ4n) is 1.54. The lowest BCUT2D eigenvalue weighted by Gasteiger charge is -2.14. The summed E-state index contributed by atoms with van der Waals surface area (Å²) in [5, 5.41) is 24.1. The molecule has 0 bridgehead atoms. The minimum absolute atomic E-state index is 0.0436. The molecular weight excluding hydrogens is 210 g/mol. The molecule has 2 rings (SSSR count). The summed E-state index contributed by atoms with van der Waals surface area (Å²) in [6, 6.07) is 6.09. The van der Waals surface area contributed by atoms with Gasteiger partial charge in [-0.1, -0.05) is 0 Å². The van der Waals surface area contributed by atoms with E-state index in [2.05, 4.69) is 10.5 Å². The number of nitro benzene ring substituents is 1. The quantitative estimate of drug-likeness (QED) is 0.576. The molecule has 6 heteroatoms. The summed E-state index contributed by atoms with van der Waals surface area (Å²) in [6.07, 6.45) is 0.380. The van der Waals surface area contributed by atoms with Crippen LogP contribution in [0.5, 0.6) is 0 Å². The summed E-state index contributed by atoms with van der Waals surface area (Å²) in [5.41, 5.74) is 3.07. The van der Waals surface area contributed by atoms with Gasteiger partial charge in [0, 0.05) is 18.6 Å². The van der Waals surface area contributed by atoms with Gasteiger partial charge in [0.15, 0.2) is 5.72 Å². The van der Waals surface area contributed by atoms with Crippen molar-refractivity contribution < 1.29 is 10.0 Å². The van der Waals surface area contributed by atoms with E-state index in [9.17, 15) is 15.2 Å². The first-order chi connectivity index (χ1) is 7.48. The topological polar surface area (TPSA) is 87.8 Å². The molecule has 6 nitrogen and oxygen atoms in total. The Morgan fingerprint density at radius 1 is 1.50 bits per heavy atom. The molecule has 0 amide bonds. The molecule has 1 unspecified atom stereocenters. The van der Waals surface area contributed by atoms with E-state index in [0.717, 1.165) is 5.56 Å². The Labute approximate surface area is 91.7 Å². The maximum atomic E-state index is 10.5. The number of nitrogens with zero attached hydrogens (tertiary/aromatic N) is 2. The molecule has 0 spiro atoms. The van der Waals surface area contributed by atoms with Crippen molar-refractivity contribution in [3.63, 3.8) is 0 Å². The van der Waals surface area contributed by atoms with Gasteiger partial charge < -0.3 is 5.11 Å². The zero-order chi connectivity index (χ0) is 11.8. The second-order valence-electron chi connectivity index (χ2n) is 3.92. The van der Waals surface area contributed by atoms with Crippen molar-refractivity contribution in [3.05, 3.63) is 39.9 Å². The van der Waals surface area contributed by atoms with Gasteiger partial charge in [0.1, 0.15) is 0 Å². The molecule has 1 aliphatic rings. The van der Waals surface area contributed by atoms with Crippen LogP contribution in [0.2, 0.25) is 0 Å². The Hall–Kier alpha value is -1.95.